The number of hydrogen-bond acceptors (Lipinski definition) is 2. The molecule has 6 heteroatoms. The molecular formula is C42H68F4O2. The van der Waals surface area contributed by atoms with Crippen LogP contribution in [0.3, 0.4) is 0 Å². The van der Waals surface area contributed by atoms with E-state index < -0.39 is 35.5 Å². The first-order valence-electron chi connectivity index (χ1n) is 19.2. The molecule has 2 atom stereocenters. The number of aliphatic hydroxyl groups is 2. The molecule has 2 N–H and O–H groups in total. The van der Waals surface area contributed by atoms with Gasteiger partial charge in [-0.25, -0.2) is 17.6 Å². The Morgan fingerprint density at radius 2 is 0.729 bits per heavy atom. The van der Waals surface area contributed by atoms with E-state index in [1.807, 2.05) is 0 Å². The first kappa shape index (κ1) is 37.3. The Balaban J connectivity index is 0.000000483. The second kappa shape index (κ2) is 16.9. The van der Waals surface area contributed by atoms with E-state index in [0.29, 0.717) is 11.1 Å². The molecule has 276 valence electrons. The number of rotatable bonds is 6. The SMILES string of the molecule is Cc1ccc(C(O)C2CCC(C3CCC(C)CC3)CC2)c(F)c1F.Cc1ccc(C(O)C2CCC(C3CCC(C)CC3)CC2)c(F)c1F.[HH].[HH].[HH].[HH]. The van der Waals surface area contributed by atoms with Crippen molar-refractivity contribution in [3.05, 3.63) is 69.8 Å². The van der Waals surface area contributed by atoms with E-state index >= 15 is 0 Å². The van der Waals surface area contributed by atoms with Crippen LogP contribution in [0.4, 0.5) is 17.6 Å². The van der Waals surface area contributed by atoms with Gasteiger partial charge in [-0.3, -0.25) is 0 Å². The van der Waals surface area contributed by atoms with Crippen LogP contribution < -0.4 is 0 Å². The highest BCUT2D eigenvalue weighted by atomic mass is 19.2. The van der Waals surface area contributed by atoms with Crippen LogP contribution in [0, 0.1) is 84.5 Å². The van der Waals surface area contributed by atoms with Crippen molar-refractivity contribution in [3.63, 3.8) is 0 Å². The van der Waals surface area contributed by atoms with Crippen LogP contribution in [0.2, 0.25) is 0 Å². The summed E-state index contributed by atoms with van der Waals surface area (Å²) in [5.74, 6) is 1.69. The molecule has 4 aliphatic rings. The maximum Gasteiger partial charge on any atom is 0.164 e. The average molecular weight is 681 g/mol. The Morgan fingerprint density at radius 3 is 1.02 bits per heavy atom. The molecule has 48 heavy (non-hydrogen) atoms. The highest BCUT2D eigenvalue weighted by Crippen LogP contribution is 2.46. The Kier molecular flexibility index (Phi) is 13.1. The molecule has 0 heterocycles. The van der Waals surface area contributed by atoms with Crippen LogP contribution in [-0.4, -0.2) is 10.2 Å². The lowest BCUT2D eigenvalue weighted by Crippen LogP contribution is -2.27. The van der Waals surface area contributed by atoms with Crippen LogP contribution in [-0.2, 0) is 0 Å². The van der Waals surface area contributed by atoms with Gasteiger partial charge in [0.05, 0.1) is 12.2 Å². The lowest BCUT2D eigenvalue weighted by Gasteiger charge is -2.38. The number of hydrogen-bond donors (Lipinski definition) is 2. The van der Waals surface area contributed by atoms with Crippen molar-refractivity contribution >= 4 is 0 Å². The van der Waals surface area contributed by atoms with E-state index in [0.717, 1.165) is 86.9 Å². The molecule has 2 nitrogen and oxygen atoms in total. The molecule has 0 aliphatic heterocycles. The van der Waals surface area contributed by atoms with Gasteiger partial charge < -0.3 is 10.2 Å². The second-order valence-electron chi connectivity index (χ2n) is 16.5. The summed E-state index contributed by atoms with van der Waals surface area (Å²) in [6.07, 6.45) is 17.2. The van der Waals surface area contributed by atoms with E-state index in [1.165, 1.54) is 51.4 Å². The predicted octanol–water partition coefficient (Wildman–Crippen LogP) is 12.9. The zero-order valence-electron chi connectivity index (χ0n) is 29.8. The summed E-state index contributed by atoms with van der Waals surface area (Å²) in [4.78, 5) is 0. The number of aryl methyl sites for hydroxylation is 2. The minimum atomic E-state index is -0.882. The molecule has 4 saturated carbocycles. The zero-order chi connectivity index (χ0) is 34.5. The largest absolute Gasteiger partial charge is 0.388 e. The van der Waals surface area contributed by atoms with E-state index in [2.05, 4.69) is 13.8 Å². The van der Waals surface area contributed by atoms with Gasteiger partial charge in [-0.15, -0.1) is 0 Å². The van der Waals surface area contributed by atoms with Gasteiger partial charge in [0.2, 0.25) is 0 Å². The summed E-state index contributed by atoms with van der Waals surface area (Å²) in [5.41, 5.74) is 0.846. The lowest BCUT2D eigenvalue weighted by atomic mass is 9.68. The number of aliphatic hydroxyl groups excluding tert-OH is 2. The van der Waals surface area contributed by atoms with Crippen molar-refractivity contribution in [2.75, 3.05) is 0 Å². The smallest absolute Gasteiger partial charge is 0.164 e. The maximum atomic E-state index is 14.1. The van der Waals surface area contributed by atoms with Crippen LogP contribution in [0.5, 0.6) is 0 Å². The van der Waals surface area contributed by atoms with Crippen molar-refractivity contribution < 1.29 is 33.5 Å². The predicted molar refractivity (Wildman–Crippen MR) is 194 cm³/mol. The Hall–Kier alpha value is -1.92. The molecule has 2 unspecified atom stereocenters. The van der Waals surface area contributed by atoms with Crippen molar-refractivity contribution in [2.24, 2.45) is 47.3 Å². The van der Waals surface area contributed by atoms with E-state index in [9.17, 15) is 27.8 Å². The molecule has 0 radical (unpaired) electrons. The third-order valence-electron chi connectivity index (χ3n) is 13.2. The minimum absolute atomic E-state index is 0. The summed E-state index contributed by atoms with van der Waals surface area (Å²) in [6, 6.07) is 6.22. The van der Waals surface area contributed by atoms with E-state index in [4.69, 9.17) is 0 Å². The standard InChI is InChI=1S/2C21H30F2O.4H2/c2*1-13-3-6-15(7-4-13)16-8-10-17(11-9-16)21(24)18-12-5-14(2)19(22)20(18)23;;;;/h2*5,12-13,15-17,21,24H,3-4,6-11H2,1-2H3;4*1H. The van der Waals surface area contributed by atoms with Crippen molar-refractivity contribution in [2.45, 2.75) is 143 Å². The van der Waals surface area contributed by atoms with Gasteiger partial charge in [0, 0.05) is 16.8 Å². The Bertz CT molecular complexity index is 1230. The number of halogens is 4. The van der Waals surface area contributed by atoms with Crippen molar-refractivity contribution in [3.8, 4) is 0 Å². The van der Waals surface area contributed by atoms with Crippen LogP contribution in [0.25, 0.3) is 0 Å². The van der Waals surface area contributed by atoms with E-state index in [1.54, 1.807) is 38.1 Å². The van der Waals surface area contributed by atoms with Crippen LogP contribution >= 0.6 is 0 Å². The molecule has 0 amide bonds. The normalized spacial score (nSPS) is 32.5. The fourth-order valence-electron chi connectivity index (χ4n) is 9.67. The second-order valence-corrected chi connectivity index (χ2v) is 16.5. The molecule has 0 spiro atoms. The molecule has 0 bridgehead atoms. The summed E-state index contributed by atoms with van der Waals surface area (Å²) in [5, 5.41) is 21.1. The molecule has 4 aliphatic carbocycles. The van der Waals surface area contributed by atoms with Gasteiger partial charge >= 0.3 is 0 Å². The minimum Gasteiger partial charge on any atom is -0.388 e. The fourth-order valence-corrected chi connectivity index (χ4v) is 9.67. The van der Waals surface area contributed by atoms with Crippen molar-refractivity contribution in [1.29, 1.82) is 0 Å². The van der Waals surface area contributed by atoms with Gasteiger partial charge in [-0.1, -0.05) is 63.8 Å². The van der Waals surface area contributed by atoms with Crippen LogP contribution in [0.15, 0.2) is 24.3 Å². The average Bonchev–Trinajstić information content (AvgIpc) is 3.10. The molecule has 6 rings (SSSR count). The van der Waals surface area contributed by atoms with Crippen molar-refractivity contribution in [1.82, 2.24) is 0 Å². The Labute approximate surface area is 293 Å². The summed E-state index contributed by atoms with van der Waals surface area (Å²) in [6.45, 7) is 7.78. The molecule has 0 saturated heterocycles. The number of benzene rings is 2. The quantitative estimate of drug-likeness (QED) is 0.298. The Morgan fingerprint density at radius 1 is 0.458 bits per heavy atom. The summed E-state index contributed by atoms with van der Waals surface area (Å²) in [7, 11) is 0. The molecule has 4 fully saturated rings. The molecule has 2 aromatic carbocycles. The highest BCUT2D eigenvalue weighted by Gasteiger charge is 2.35. The molecule has 2 aromatic rings. The lowest BCUT2D eigenvalue weighted by molar-refractivity contribution is 0.0542. The maximum absolute atomic E-state index is 14.1. The third kappa shape index (κ3) is 8.86. The van der Waals surface area contributed by atoms with Gasteiger partial charge in [-0.05, 0) is 149 Å². The first-order chi connectivity index (χ1) is 22.9. The van der Waals surface area contributed by atoms with Gasteiger partial charge in [0.15, 0.2) is 23.3 Å². The monoisotopic (exact) mass is 681 g/mol. The fraction of sp³-hybridized carbons (Fsp3) is 0.714. The van der Waals surface area contributed by atoms with Crippen LogP contribution in [0.1, 0.15) is 157 Å². The zero-order valence-corrected chi connectivity index (χ0v) is 29.8. The highest BCUT2D eigenvalue weighted by molar-refractivity contribution is 5.28. The summed E-state index contributed by atoms with van der Waals surface area (Å²) >= 11 is 0. The van der Waals surface area contributed by atoms with Gasteiger partial charge in [-0.2, -0.15) is 0 Å². The molecule has 0 aromatic heterocycles. The summed E-state index contributed by atoms with van der Waals surface area (Å²) < 4.78 is 55.8. The first-order valence-corrected chi connectivity index (χ1v) is 19.2. The molecular weight excluding hydrogens is 612 g/mol. The third-order valence-corrected chi connectivity index (χ3v) is 13.2. The van der Waals surface area contributed by atoms with E-state index in [-0.39, 0.29) is 28.7 Å². The van der Waals surface area contributed by atoms with Gasteiger partial charge in [0.25, 0.3) is 0 Å². The van der Waals surface area contributed by atoms with Gasteiger partial charge in [0.1, 0.15) is 0 Å². The topological polar surface area (TPSA) is 40.5 Å².